The van der Waals surface area contributed by atoms with E-state index >= 15 is 0 Å². The van der Waals surface area contributed by atoms with E-state index in [2.05, 4.69) is 22.3 Å². The second-order valence-corrected chi connectivity index (χ2v) is 11.8. The number of ether oxygens (including phenoxy) is 1. The number of carbonyl (C=O) groups is 3. The van der Waals surface area contributed by atoms with Gasteiger partial charge in [0.15, 0.2) is 0 Å². The number of rotatable bonds is 4. The van der Waals surface area contributed by atoms with Gasteiger partial charge in [-0.1, -0.05) is 55.3 Å². The Balaban J connectivity index is 1.30. The minimum absolute atomic E-state index is 0.0282. The quantitative estimate of drug-likeness (QED) is 0.383. The van der Waals surface area contributed by atoms with E-state index in [4.69, 9.17) is 4.74 Å². The van der Waals surface area contributed by atoms with Crippen molar-refractivity contribution in [3.8, 4) is 22.4 Å². The number of amides is 2. The van der Waals surface area contributed by atoms with Crippen LogP contribution in [0.4, 0.5) is 11.4 Å². The highest BCUT2D eigenvalue weighted by Crippen LogP contribution is 2.44. The zero-order valence-corrected chi connectivity index (χ0v) is 24.0. The summed E-state index contributed by atoms with van der Waals surface area (Å²) in [7, 11) is 0. The number of aromatic carboxylic acids is 1. The fourth-order valence-electron chi connectivity index (χ4n) is 6.61. The first-order valence-corrected chi connectivity index (χ1v) is 14.7. The summed E-state index contributed by atoms with van der Waals surface area (Å²) in [4.78, 5) is 41.6. The van der Waals surface area contributed by atoms with Gasteiger partial charge in [0.25, 0.3) is 5.91 Å². The van der Waals surface area contributed by atoms with Gasteiger partial charge >= 0.3 is 5.97 Å². The third-order valence-corrected chi connectivity index (χ3v) is 8.80. The van der Waals surface area contributed by atoms with E-state index in [1.165, 1.54) is 18.9 Å². The molecule has 0 saturated carbocycles. The Labute approximate surface area is 245 Å². The standard InChI is InChI=1S/C33H36N4O5/c1-21-19-36(31(39)30-18-33(20-42-30)14-6-4-3-5-7-15-33)29-16-25(12-13-28(29)37(21)22(2)38)23-8-10-24(11-9-23)26-17-27(32(40)41)35-34-26/h6,8-14,16-17,21,30H,3-5,7,15,18-20H2,1-2H3,(H,34,35)(H,40,41)/b14-6-/t21-,30?,33?/m0/s1. The van der Waals surface area contributed by atoms with Crippen molar-refractivity contribution in [1.82, 2.24) is 10.2 Å². The summed E-state index contributed by atoms with van der Waals surface area (Å²) in [5.74, 6) is -1.19. The maximum atomic E-state index is 14.1. The third kappa shape index (κ3) is 5.25. The van der Waals surface area contributed by atoms with Crippen molar-refractivity contribution >= 4 is 29.2 Å². The van der Waals surface area contributed by atoms with Gasteiger partial charge in [-0.25, -0.2) is 4.79 Å². The Bertz CT molecular complexity index is 1540. The van der Waals surface area contributed by atoms with Gasteiger partial charge in [0.05, 0.1) is 29.7 Å². The molecule has 3 heterocycles. The molecule has 218 valence electrons. The summed E-state index contributed by atoms with van der Waals surface area (Å²) in [5.41, 5.74) is 4.50. The Morgan fingerprint density at radius 3 is 2.50 bits per heavy atom. The highest BCUT2D eigenvalue weighted by Gasteiger charge is 2.44. The van der Waals surface area contributed by atoms with Crippen molar-refractivity contribution in [2.24, 2.45) is 5.41 Å². The number of hydrogen-bond acceptors (Lipinski definition) is 5. The van der Waals surface area contributed by atoms with Crippen molar-refractivity contribution < 1.29 is 24.2 Å². The van der Waals surface area contributed by atoms with E-state index < -0.39 is 12.1 Å². The molecule has 3 atom stereocenters. The molecular weight excluding hydrogens is 532 g/mol. The molecular formula is C33H36N4O5. The zero-order chi connectivity index (χ0) is 29.4. The number of carboxylic acid groups (broad SMARTS) is 1. The lowest BCUT2D eigenvalue weighted by Crippen LogP contribution is -2.53. The topological polar surface area (TPSA) is 116 Å². The first-order valence-electron chi connectivity index (χ1n) is 14.7. The number of benzene rings is 2. The van der Waals surface area contributed by atoms with Gasteiger partial charge in [-0.15, -0.1) is 0 Å². The van der Waals surface area contributed by atoms with Crippen molar-refractivity contribution in [3.05, 3.63) is 66.4 Å². The van der Waals surface area contributed by atoms with Crippen LogP contribution in [0.1, 0.15) is 62.9 Å². The van der Waals surface area contributed by atoms with Crippen LogP contribution in [-0.4, -0.2) is 58.4 Å². The molecule has 1 fully saturated rings. The molecule has 2 aromatic carbocycles. The number of allylic oxidation sites excluding steroid dienone is 1. The average molecular weight is 569 g/mol. The normalized spacial score (nSPS) is 24.6. The van der Waals surface area contributed by atoms with E-state index in [0.29, 0.717) is 36.6 Å². The average Bonchev–Trinajstić information content (AvgIpc) is 3.63. The molecule has 2 aliphatic heterocycles. The predicted octanol–water partition coefficient (Wildman–Crippen LogP) is 5.83. The van der Waals surface area contributed by atoms with Crippen molar-refractivity contribution in [3.63, 3.8) is 0 Å². The lowest BCUT2D eigenvalue weighted by atomic mass is 9.78. The summed E-state index contributed by atoms with van der Waals surface area (Å²) >= 11 is 0. The van der Waals surface area contributed by atoms with Crippen LogP contribution < -0.4 is 9.80 Å². The number of anilines is 2. The first kappa shape index (κ1) is 27.9. The van der Waals surface area contributed by atoms with Crippen LogP contribution in [0.25, 0.3) is 22.4 Å². The molecule has 2 amide bonds. The van der Waals surface area contributed by atoms with Crippen molar-refractivity contribution in [2.75, 3.05) is 23.0 Å². The molecule has 9 nitrogen and oxygen atoms in total. The number of nitrogens with one attached hydrogen (secondary N) is 1. The SMILES string of the molecule is CC(=O)N1c2ccc(-c3ccc(-c4cc(C(=O)O)[nH]n4)cc3)cc2N(C(=O)C2CC3(/C=C\CCCCC3)CO2)C[C@@H]1C. The van der Waals surface area contributed by atoms with Crippen LogP contribution in [0.2, 0.25) is 0 Å². The van der Waals surface area contributed by atoms with Crippen LogP contribution in [0.3, 0.4) is 0 Å². The number of fused-ring (bicyclic) bond motifs is 1. The Morgan fingerprint density at radius 1 is 1.00 bits per heavy atom. The van der Waals surface area contributed by atoms with Crippen molar-refractivity contribution in [1.29, 1.82) is 0 Å². The van der Waals surface area contributed by atoms with Gasteiger partial charge in [-0.05, 0) is 61.9 Å². The van der Waals surface area contributed by atoms with E-state index in [1.807, 2.05) is 54.3 Å². The van der Waals surface area contributed by atoms with E-state index in [9.17, 15) is 19.5 Å². The second kappa shape index (κ2) is 11.2. The molecule has 1 aliphatic carbocycles. The van der Waals surface area contributed by atoms with Gasteiger partial charge < -0.3 is 19.6 Å². The second-order valence-electron chi connectivity index (χ2n) is 11.8. The van der Waals surface area contributed by atoms with Gasteiger partial charge in [-0.3, -0.25) is 14.7 Å². The largest absolute Gasteiger partial charge is 0.477 e. The van der Waals surface area contributed by atoms with Crippen molar-refractivity contribution in [2.45, 2.75) is 64.5 Å². The molecule has 6 rings (SSSR count). The van der Waals surface area contributed by atoms with Crippen LogP contribution >= 0.6 is 0 Å². The maximum absolute atomic E-state index is 14.1. The van der Waals surface area contributed by atoms with Crippen LogP contribution in [0.5, 0.6) is 0 Å². The third-order valence-electron chi connectivity index (χ3n) is 8.80. The summed E-state index contributed by atoms with van der Waals surface area (Å²) < 4.78 is 6.20. The molecule has 0 bridgehead atoms. The maximum Gasteiger partial charge on any atom is 0.353 e. The number of aromatic nitrogens is 2. The summed E-state index contributed by atoms with van der Waals surface area (Å²) in [6, 6.07) is 14.8. The minimum Gasteiger partial charge on any atom is -0.477 e. The molecule has 2 N–H and O–H groups in total. The highest BCUT2D eigenvalue weighted by molar-refractivity contribution is 6.06. The summed E-state index contributed by atoms with van der Waals surface area (Å²) in [5, 5.41) is 15.8. The lowest BCUT2D eigenvalue weighted by molar-refractivity contribution is -0.127. The van der Waals surface area contributed by atoms with Gasteiger partial charge in [-0.2, -0.15) is 5.10 Å². The predicted molar refractivity (Wildman–Crippen MR) is 160 cm³/mol. The minimum atomic E-state index is -1.06. The molecule has 1 saturated heterocycles. The highest BCUT2D eigenvalue weighted by atomic mass is 16.5. The number of carboxylic acids is 1. The number of carbonyl (C=O) groups excluding carboxylic acids is 2. The molecule has 3 aromatic rings. The number of H-pyrrole nitrogens is 1. The van der Waals surface area contributed by atoms with Crippen LogP contribution in [-0.2, 0) is 14.3 Å². The fourth-order valence-corrected chi connectivity index (χ4v) is 6.61. The zero-order valence-electron chi connectivity index (χ0n) is 24.0. The molecule has 0 radical (unpaired) electrons. The Kier molecular flexibility index (Phi) is 7.45. The van der Waals surface area contributed by atoms with E-state index in [-0.39, 0.29) is 29.0 Å². The first-order chi connectivity index (χ1) is 20.2. The molecule has 2 unspecified atom stereocenters. The molecule has 1 spiro atoms. The van der Waals surface area contributed by atoms with Crippen LogP contribution in [0, 0.1) is 5.41 Å². The number of nitrogens with zero attached hydrogens (tertiary/aromatic N) is 3. The van der Waals surface area contributed by atoms with E-state index in [0.717, 1.165) is 36.0 Å². The monoisotopic (exact) mass is 568 g/mol. The van der Waals surface area contributed by atoms with E-state index in [1.54, 1.807) is 11.8 Å². The Hall–Kier alpha value is -4.24. The van der Waals surface area contributed by atoms with Gasteiger partial charge in [0.2, 0.25) is 5.91 Å². The molecule has 1 aromatic heterocycles. The molecule has 9 heteroatoms. The van der Waals surface area contributed by atoms with Crippen LogP contribution in [0.15, 0.2) is 60.7 Å². The smallest absolute Gasteiger partial charge is 0.353 e. The van der Waals surface area contributed by atoms with Gasteiger partial charge in [0, 0.05) is 24.4 Å². The number of hydrogen-bond donors (Lipinski definition) is 2. The summed E-state index contributed by atoms with van der Waals surface area (Å²) in [6.45, 7) is 4.48. The van der Waals surface area contributed by atoms with Gasteiger partial charge in [0.1, 0.15) is 11.8 Å². The number of aromatic amines is 1. The fraction of sp³-hybridized carbons (Fsp3) is 0.394. The molecule has 42 heavy (non-hydrogen) atoms. The Morgan fingerprint density at radius 2 is 1.76 bits per heavy atom. The molecule has 3 aliphatic rings. The summed E-state index contributed by atoms with van der Waals surface area (Å²) in [6.07, 6.45) is 10.4. The lowest BCUT2D eigenvalue weighted by Gasteiger charge is -2.41.